The summed E-state index contributed by atoms with van der Waals surface area (Å²) in [6.07, 6.45) is 4.07. The first-order valence-electron chi connectivity index (χ1n) is 8.42. The van der Waals surface area contributed by atoms with Crippen LogP contribution in [0.1, 0.15) is 37.7 Å². The van der Waals surface area contributed by atoms with Gasteiger partial charge in [0.1, 0.15) is 0 Å². The number of amides is 2. The Kier molecular flexibility index (Phi) is 4.78. The Labute approximate surface area is 136 Å². The molecule has 0 bridgehead atoms. The van der Waals surface area contributed by atoms with Crippen molar-refractivity contribution in [1.82, 2.24) is 4.90 Å². The maximum absolute atomic E-state index is 12.9. The first-order valence-corrected chi connectivity index (χ1v) is 8.42. The normalized spacial score (nSPS) is 26.1. The fourth-order valence-corrected chi connectivity index (χ4v) is 3.83. The first kappa shape index (κ1) is 16.1. The van der Waals surface area contributed by atoms with Crippen molar-refractivity contribution in [3.8, 4) is 0 Å². The Morgan fingerprint density at radius 1 is 1.22 bits per heavy atom. The summed E-state index contributed by atoms with van der Waals surface area (Å²) in [5, 5.41) is 9.27. The molecule has 0 aromatic heterocycles. The highest BCUT2D eigenvalue weighted by Gasteiger charge is 2.45. The summed E-state index contributed by atoms with van der Waals surface area (Å²) < 4.78 is 0. The molecule has 3 rings (SSSR count). The van der Waals surface area contributed by atoms with Gasteiger partial charge in [0, 0.05) is 12.6 Å². The lowest BCUT2D eigenvalue weighted by Crippen LogP contribution is -2.50. The molecule has 2 saturated heterocycles. The van der Waals surface area contributed by atoms with E-state index in [0.717, 1.165) is 31.4 Å². The van der Waals surface area contributed by atoms with Crippen LogP contribution < -0.4 is 4.90 Å². The second-order valence-electron chi connectivity index (χ2n) is 6.47. The van der Waals surface area contributed by atoms with E-state index >= 15 is 0 Å². The standard InChI is InChI=1S/C18H24N2O3/c1-13-6-2-3-8-15(13)20-17(22)12-16(18(20)23)19-10-5-4-7-14(19)9-11-21/h2-3,6,8,14,16,21H,4-5,7,9-12H2,1H3/t14-,16-/m1/s1. The van der Waals surface area contributed by atoms with Crippen LogP contribution in [-0.2, 0) is 9.59 Å². The maximum Gasteiger partial charge on any atom is 0.251 e. The minimum atomic E-state index is -0.376. The Morgan fingerprint density at radius 3 is 2.74 bits per heavy atom. The first-order chi connectivity index (χ1) is 11.1. The van der Waals surface area contributed by atoms with Gasteiger partial charge >= 0.3 is 0 Å². The molecule has 1 aromatic rings. The lowest BCUT2D eigenvalue weighted by molar-refractivity contribution is -0.124. The van der Waals surface area contributed by atoms with Gasteiger partial charge in [0.2, 0.25) is 5.91 Å². The number of carbonyl (C=O) groups is 2. The molecule has 0 saturated carbocycles. The summed E-state index contributed by atoms with van der Waals surface area (Å²) in [6, 6.07) is 7.33. The van der Waals surface area contributed by atoms with Gasteiger partial charge in [0.05, 0.1) is 18.2 Å². The fraction of sp³-hybridized carbons (Fsp3) is 0.556. The molecule has 2 atom stereocenters. The fourth-order valence-electron chi connectivity index (χ4n) is 3.83. The number of aliphatic hydroxyl groups excluding tert-OH is 1. The summed E-state index contributed by atoms with van der Waals surface area (Å²) in [5.74, 6) is -0.239. The van der Waals surface area contributed by atoms with E-state index in [-0.39, 0.29) is 36.9 Å². The molecule has 0 aliphatic carbocycles. The Morgan fingerprint density at radius 2 is 2.00 bits per heavy atom. The lowest BCUT2D eigenvalue weighted by atomic mass is 9.97. The molecular weight excluding hydrogens is 292 g/mol. The quantitative estimate of drug-likeness (QED) is 0.862. The van der Waals surface area contributed by atoms with Crippen LogP contribution in [0.15, 0.2) is 24.3 Å². The largest absolute Gasteiger partial charge is 0.396 e. The van der Waals surface area contributed by atoms with E-state index in [1.807, 2.05) is 31.2 Å². The van der Waals surface area contributed by atoms with Gasteiger partial charge in [-0.15, -0.1) is 0 Å². The number of anilines is 1. The summed E-state index contributed by atoms with van der Waals surface area (Å²) in [5.41, 5.74) is 1.63. The highest BCUT2D eigenvalue weighted by molar-refractivity contribution is 6.22. The van der Waals surface area contributed by atoms with Crippen molar-refractivity contribution in [1.29, 1.82) is 0 Å². The van der Waals surface area contributed by atoms with Gasteiger partial charge < -0.3 is 5.11 Å². The number of piperidine rings is 1. The predicted molar refractivity (Wildman–Crippen MR) is 88.1 cm³/mol. The molecule has 124 valence electrons. The average molecular weight is 316 g/mol. The van der Waals surface area contributed by atoms with Gasteiger partial charge in [-0.3, -0.25) is 14.5 Å². The highest BCUT2D eigenvalue weighted by Crippen LogP contribution is 2.31. The van der Waals surface area contributed by atoms with Crippen LogP contribution in [0.2, 0.25) is 0 Å². The molecule has 2 aliphatic heterocycles. The summed E-state index contributed by atoms with van der Waals surface area (Å²) in [7, 11) is 0. The van der Waals surface area contributed by atoms with Gasteiger partial charge in [0.25, 0.3) is 5.91 Å². The zero-order valence-electron chi connectivity index (χ0n) is 13.6. The zero-order valence-corrected chi connectivity index (χ0v) is 13.6. The van der Waals surface area contributed by atoms with E-state index in [1.54, 1.807) is 0 Å². The molecule has 2 fully saturated rings. The number of likely N-dealkylation sites (tertiary alicyclic amines) is 1. The van der Waals surface area contributed by atoms with E-state index in [9.17, 15) is 14.7 Å². The summed E-state index contributed by atoms with van der Waals surface area (Å²) in [4.78, 5) is 28.9. The highest BCUT2D eigenvalue weighted by atomic mass is 16.3. The number of benzene rings is 1. The molecule has 2 heterocycles. The third-order valence-electron chi connectivity index (χ3n) is 5.01. The molecule has 23 heavy (non-hydrogen) atoms. The van der Waals surface area contributed by atoms with E-state index in [0.29, 0.717) is 12.1 Å². The third kappa shape index (κ3) is 3.03. The number of rotatable bonds is 4. The van der Waals surface area contributed by atoms with Gasteiger partial charge in [-0.25, -0.2) is 4.90 Å². The number of hydrogen-bond donors (Lipinski definition) is 1. The number of para-hydroxylation sites is 1. The number of imide groups is 1. The molecule has 1 N–H and O–H groups in total. The SMILES string of the molecule is Cc1ccccc1N1C(=O)C[C@@H](N2CCCC[C@@H]2CCO)C1=O. The van der Waals surface area contributed by atoms with Crippen molar-refractivity contribution < 1.29 is 14.7 Å². The van der Waals surface area contributed by atoms with E-state index in [1.165, 1.54) is 4.90 Å². The average Bonchev–Trinajstić information content (AvgIpc) is 2.84. The van der Waals surface area contributed by atoms with Crippen LogP contribution in [0.5, 0.6) is 0 Å². The van der Waals surface area contributed by atoms with Gasteiger partial charge in [-0.1, -0.05) is 24.6 Å². The van der Waals surface area contributed by atoms with Crippen molar-refractivity contribution >= 4 is 17.5 Å². The number of nitrogens with zero attached hydrogens (tertiary/aromatic N) is 2. The topological polar surface area (TPSA) is 60.9 Å². The molecule has 5 heteroatoms. The van der Waals surface area contributed by atoms with Crippen molar-refractivity contribution in [2.45, 2.75) is 51.1 Å². The molecule has 5 nitrogen and oxygen atoms in total. The zero-order chi connectivity index (χ0) is 16.4. The third-order valence-corrected chi connectivity index (χ3v) is 5.01. The molecular formula is C18H24N2O3. The van der Waals surface area contributed by atoms with Crippen LogP contribution in [0, 0.1) is 6.92 Å². The van der Waals surface area contributed by atoms with E-state index in [4.69, 9.17) is 0 Å². The second kappa shape index (κ2) is 6.81. The molecule has 0 unspecified atom stereocenters. The predicted octanol–water partition coefficient (Wildman–Crippen LogP) is 1.86. The number of aryl methyl sites for hydroxylation is 1. The number of aliphatic hydroxyl groups is 1. The molecule has 0 radical (unpaired) electrons. The number of hydrogen-bond acceptors (Lipinski definition) is 4. The maximum atomic E-state index is 12.9. The minimum Gasteiger partial charge on any atom is -0.396 e. The Hall–Kier alpha value is -1.72. The monoisotopic (exact) mass is 316 g/mol. The second-order valence-corrected chi connectivity index (χ2v) is 6.47. The van der Waals surface area contributed by atoms with Crippen molar-refractivity contribution in [3.05, 3.63) is 29.8 Å². The van der Waals surface area contributed by atoms with Crippen molar-refractivity contribution in [3.63, 3.8) is 0 Å². The van der Waals surface area contributed by atoms with Crippen LogP contribution in [0.25, 0.3) is 0 Å². The lowest BCUT2D eigenvalue weighted by Gasteiger charge is -2.38. The molecule has 2 aliphatic rings. The summed E-state index contributed by atoms with van der Waals surface area (Å²) in [6.45, 7) is 2.87. The van der Waals surface area contributed by atoms with Crippen LogP contribution >= 0.6 is 0 Å². The van der Waals surface area contributed by atoms with E-state index in [2.05, 4.69) is 4.90 Å². The Balaban J connectivity index is 1.84. The summed E-state index contributed by atoms with van der Waals surface area (Å²) >= 11 is 0. The van der Waals surface area contributed by atoms with Crippen molar-refractivity contribution in [2.24, 2.45) is 0 Å². The molecule has 1 aromatic carbocycles. The minimum absolute atomic E-state index is 0.117. The molecule has 0 spiro atoms. The van der Waals surface area contributed by atoms with Crippen LogP contribution in [0.4, 0.5) is 5.69 Å². The van der Waals surface area contributed by atoms with Gasteiger partial charge in [-0.2, -0.15) is 0 Å². The van der Waals surface area contributed by atoms with E-state index < -0.39 is 0 Å². The van der Waals surface area contributed by atoms with Crippen LogP contribution in [-0.4, -0.2) is 47.1 Å². The van der Waals surface area contributed by atoms with Crippen LogP contribution in [0.3, 0.4) is 0 Å². The van der Waals surface area contributed by atoms with Gasteiger partial charge in [-0.05, 0) is 44.4 Å². The smallest absolute Gasteiger partial charge is 0.251 e. The molecule has 2 amide bonds. The number of carbonyl (C=O) groups excluding carboxylic acids is 2. The van der Waals surface area contributed by atoms with Crippen molar-refractivity contribution in [2.75, 3.05) is 18.1 Å². The Bertz CT molecular complexity index is 600. The van der Waals surface area contributed by atoms with Gasteiger partial charge in [0.15, 0.2) is 0 Å².